The van der Waals surface area contributed by atoms with Crippen LogP contribution in [0, 0.1) is 0 Å². The van der Waals surface area contributed by atoms with Crippen molar-refractivity contribution < 1.29 is 4.79 Å². The lowest BCUT2D eigenvalue weighted by atomic mass is 10.0. The molecule has 0 bridgehead atoms. The van der Waals surface area contributed by atoms with Crippen molar-refractivity contribution in [2.24, 2.45) is 4.99 Å². The molecule has 1 aliphatic rings. The number of hydrogen-bond donors (Lipinski definition) is 2. The van der Waals surface area contributed by atoms with Gasteiger partial charge in [-0.15, -0.1) is 35.3 Å². The zero-order valence-corrected chi connectivity index (χ0v) is 18.8. The van der Waals surface area contributed by atoms with Crippen LogP contribution < -0.4 is 15.5 Å². The van der Waals surface area contributed by atoms with Crippen LogP contribution in [-0.2, 0) is 17.6 Å². The van der Waals surface area contributed by atoms with Gasteiger partial charge in [-0.05, 0) is 49.3 Å². The number of carbonyl (C=O) groups excluding carboxylic acids is 1. The van der Waals surface area contributed by atoms with E-state index >= 15 is 0 Å². The molecule has 27 heavy (non-hydrogen) atoms. The van der Waals surface area contributed by atoms with Gasteiger partial charge in [0.25, 0.3) is 0 Å². The molecule has 0 aliphatic carbocycles. The summed E-state index contributed by atoms with van der Waals surface area (Å²) in [5, 5.41) is 8.61. The summed E-state index contributed by atoms with van der Waals surface area (Å²) in [6, 6.07) is 12.4. The molecule has 0 radical (unpaired) electrons. The van der Waals surface area contributed by atoms with Crippen molar-refractivity contribution in [2.45, 2.75) is 26.2 Å². The molecule has 0 saturated carbocycles. The summed E-state index contributed by atoms with van der Waals surface area (Å²) >= 11 is 1.76. The van der Waals surface area contributed by atoms with E-state index in [1.807, 2.05) is 30.0 Å². The van der Waals surface area contributed by atoms with E-state index in [-0.39, 0.29) is 36.4 Å². The minimum atomic E-state index is 0. The molecule has 0 fully saturated rings. The Morgan fingerprint density at radius 2 is 2.07 bits per heavy atom. The van der Waals surface area contributed by atoms with Crippen molar-refractivity contribution in [3.63, 3.8) is 0 Å². The fourth-order valence-electron chi connectivity index (χ4n) is 3.13. The van der Waals surface area contributed by atoms with Gasteiger partial charge >= 0.3 is 0 Å². The van der Waals surface area contributed by atoms with Crippen molar-refractivity contribution in [1.29, 1.82) is 0 Å². The molecule has 1 aromatic heterocycles. The second kappa shape index (κ2) is 11.3. The van der Waals surface area contributed by atoms with E-state index in [1.165, 1.54) is 10.4 Å². The number of nitrogens with zero attached hydrogens (tertiary/aromatic N) is 2. The van der Waals surface area contributed by atoms with Crippen LogP contribution in [0.4, 0.5) is 5.69 Å². The highest BCUT2D eigenvalue weighted by Gasteiger charge is 2.21. The van der Waals surface area contributed by atoms with Gasteiger partial charge in [-0.1, -0.05) is 24.3 Å². The third kappa shape index (κ3) is 6.21. The number of aryl methyl sites for hydroxylation is 1. The number of aliphatic imine (C=N–C) groups is 1. The third-order valence-electron chi connectivity index (χ3n) is 4.37. The number of halogens is 1. The minimum Gasteiger partial charge on any atom is -0.357 e. The van der Waals surface area contributed by atoms with Crippen LogP contribution in [0.5, 0.6) is 0 Å². The highest BCUT2D eigenvalue weighted by Crippen LogP contribution is 2.26. The summed E-state index contributed by atoms with van der Waals surface area (Å²) in [7, 11) is 0. The molecule has 0 spiro atoms. The number of hydrogen-bond acceptors (Lipinski definition) is 3. The Kier molecular flexibility index (Phi) is 9.06. The molecule has 0 atom stereocenters. The Morgan fingerprint density at radius 1 is 1.22 bits per heavy atom. The highest BCUT2D eigenvalue weighted by atomic mass is 127. The van der Waals surface area contributed by atoms with E-state index in [2.05, 4.69) is 39.2 Å². The molecular weight excluding hydrogens is 471 g/mol. The van der Waals surface area contributed by atoms with Crippen LogP contribution in [0.1, 0.15) is 23.8 Å². The van der Waals surface area contributed by atoms with E-state index in [1.54, 1.807) is 11.3 Å². The number of guanidine groups is 1. The number of nitrogens with one attached hydrogen (secondary N) is 2. The zero-order chi connectivity index (χ0) is 18.2. The first kappa shape index (κ1) is 21.7. The lowest BCUT2D eigenvalue weighted by Crippen LogP contribution is -2.41. The minimum absolute atomic E-state index is 0. The number of para-hydroxylation sites is 1. The molecule has 1 aromatic carbocycles. The smallest absolute Gasteiger partial charge is 0.248 e. The van der Waals surface area contributed by atoms with Crippen molar-refractivity contribution in [3.8, 4) is 0 Å². The largest absolute Gasteiger partial charge is 0.357 e. The highest BCUT2D eigenvalue weighted by molar-refractivity contribution is 14.0. The van der Waals surface area contributed by atoms with Gasteiger partial charge in [0.15, 0.2) is 5.96 Å². The van der Waals surface area contributed by atoms with Gasteiger partial charge in [0.2, 0.25) is 5.91 Å². The Hall–Kier alpha value is -1.61. The fraction of sp³-hybridized carbons (Fsp3) is 0.400. The average molecular weight is 498 g/mol. The van der Waals surface area contributed by atoms with Gasteiger partial charge in [-0.2, -0.15) is 0 Å². The maximum Gasteiger partial charge on any atom is 0.248 e. The normalized spacial score (nSPS) is 13.5. The molecule has 3 rings (SSSR count). The number of benzene rings is 1. The molecule has 1 aliphatic heterocycles. The summed E-state index contributed by atoms with van der Waals surface area (Å²) in [6.45, 7) is 4.52. The van der Waals surface area contributed by atoms with Crippen LogP contribution in [-0.4, -0.2) is 38.0 Å². The zero-order valence-electron chi connectivity index (χ0n) is 15.6. The quantitative estimate of drug-likeness (QED) is 0.365. The first-order valence-electron chi connectivity index (χ1n) is 9.20. The lowest BCUT2D eigenvalue weighted by molar-refractivity contribution is -0.117. The Labute approximate surface area is 182 Å². The van der Waals surface area contributed by atoms with Gasteiger partial charge in [-0.25, -0.2) is 4.99 Å². The van der Waals surface area contributed by atoms with Gasteiger partial charge in [-0.3, -0.25) is 4.79 Å². The lowest BCUT2D eigenvalue weighted by Gasteiger charge is -2.29. The Morgan fingerprint density at radius 3 is 2.85 bits per heavy atom. The molecule has 146 valence electrons. The summed E-state index contributed by atoms with van der Waals surface area (Å²) in [5.74, 6) is 0.746. The number of fused-ring (bicyclic) bond motifs is 1. The Balaban J connectivity index is 0.00000261. The number of rotatable bonds is 6. The maximum absolute atomic E-state index is 12.7. The monoisotopic (exact) mass is 498 g/mol. The SMILES string of the molecule is CCNC(=NCC(=O)N1CCCc2ccccc21)NCCc1cccs1.I. The van der Waals surface area contributed by atoms with E-state index in [4.69, 9.17) is 0 Å². The maximum atomic E-state index is 12.7. The summed E-state index contributed by atoms with van der Waals surface area (Å²) < 4.78 is 0. The molecule has 2 N–H and O–H groups in total. The van der Waals surface area contributed by atoms with Crippen molar-refractivity contribution in [3.05, 3.63) is 52.2 Å². The summed E-state index contributed by atoms with van der Waals surface area (Å²) in [4.78, 5) is 20.4. The van der Waals surface area contributed by atoms with Gasteiger partial charge in [0.1, 0.15) is 6.54 Å². The molecule has 7 heteroatoms. The van der Waals surface area contributed by atoms with Crippen LogP contribution >= 0.6 is 35.3 Å². The summed E-state index contributed by atoms with van der Waals surface area (Å²) in [5.41, 5.74) is 2.28. The van der Waals surface area contributed by atoms with Crippen LogP contribution in [0.2, 0.25) is 0 Å². The van der Waals surface area contributed by atoms with E-state index in [0.29, 0.717) is 5.96 Å². The van der Waals surface area contributed by atoms with Crippen molar-refractivity contribution >= 4 is 52.9 Å². The Bertz CT molecular complexity index is 748. The van der Waals surface area contributed by atoms with Crippen LogP contribution in [0.15, 0.2) is 46.8 Å². The van der Waals surface area contributed by atoms with Gasteiger partial charge in [0, 0.05) is 30.2 Å². The van der Waals surface area contributed by atoms with E-state index in [0.717, 1.165) is 44.6 Å². The van der Waals surface area contributed by atoms with Crippen molar-refractivity contribution in [1.82, 2.24) is 10.6 Å². The standard InChI is InChI=1S/C20H26N4OS.HI/c1-2-21-20(22-12-11-17-9-6-14-26-17)23-15-19(25)24-13-5-8-16-7-3-4-10-18(16)24;/h3-4,6-7,9-10,14H,2,5,8,11-13,15H2,1H3,(H2,21,22,23);1H. The number of carbonyl (C=O) groups is 1. The van der Waals surface area contributed by atoms with E-state index in [9.17, 15) is 4.79 Å². The third-order valence-corrected chi connectivity index (χ3v) is 5.31. The molecule has 0 unspecified atom stereocenters. The fourth-order valence-corrected chi connectivity index (χ4v) is 3.83. The second-order valence-corrected chi connectivity index (χ2v) is 7.26. The topological polar surface area (TPSA) is 56.7 Å². The number of amides is 1. The first-order valence-corrected chi connectivity index (χ1v) is 10.1. The summed E-state index contributed by atoms with van der Waals surface area (Å²) in [6.07, 6.45) is 3.00. The van der Waals surface area contributed by atoms with Crippen molar-refractivity contribution in [2.75, 3.05) is 31.1 Å². The first-order chi connectivity index (χ1) is 12.8. The van der Waals surface area contributed by atoms with E-state index < -0.39 is 0 Å². The second-order valence-electron chi connectivity index (χ2n) is 6.23. The average Bonchev–Trinajstić information content (AvgIpc) is 3.19. The molecule has 2 heterocycles. The van der Waals surface area contributed by atoms with Crippen LogP contribution in [0.3, 0.4) is 0 Å². The predicted molar refractivity (Wildman–Crippen MR) is 125 cm³/mol. The molecule has 0 saturated heterocycles. The molecule has 5 nitrogen and oxygen atoms in total. The molecule has 1 amide bonds. The predicted octanol–water partition coefficient (Wildman–Crippen LogP) is 3.44. The van der Waals surface area contributed by atoms with Gasteiger partial charge < -0.3 is 15.5 Å². The molecule has 2 aromatic rings. The number of anilines is 1. The molecular formula is C20H27IN4OS. The van der Waals surface area contributed by atoms with Crippen LogP contribution in [0.25, 0.3) is 0 Å². The van der Waals surface area contributed by atoms with Gasteiger partial charge in [0.05, 0.1) is 0 Å². The number of thiophene rings is 1.